The highest BCUT2D eigenvalue weighted by Crippen LogP contribution is 2.21. The number of carbonyl (C=O) groups excluding carboxylic acids is 1. The van der Waals surface area contributed by atoms with Gasteiger partial charge in [0, 0.05) is 18.0 Å². The van der Waals surface area contributed by atoms with Crippen LogP contribution >= 0.6 is 0 Å². The van der Waals surface area contributed by atoms with E-state index in [0.717, 1.165) is 0 Å². The number of nitrogens with zero attached hydrogens (tertiary/aromatic N) is 1. The van der Waals surface area contributed by atoms with Crippen LogP contribution in [0.25, 0.3) is 0 Å². The summed E-state index contributed by atoms with van der Waals surface area (Å²) in [7, 11) is 0. The molecule has 0 unspecified atom stereocenters. The molecule has 0 saturated heterocycles. The van der Waals surface area contributed by atoms with E-state index in [9.17, 15) is 9.59 Å². The van der Waals surface area contributed by atoms with Crippen molar-refractivity contribution in [3.05, 3.63) is 17.0 Å². The predicted octanol–water partition coefficient (Wildman–Crippen LogP) is 1.31. The minimum absolute atomic E-state index is 0.0808. The maximum Gasteiger partial charge on any atom is 0.305 e. The Hall–Kier alpha value is -1.85. The van der Waals surface area contributed by atoms with E-state index in [-0.39, 0.29) is 24.6 Å². The summed E-state index contributed by atoms with van der Waals surface area (Å²) in [6.45, 7) is 5.73. The minimum atomic E-state index is -0.954. The Labute approximate surface area is 99.0 Å². The first kappa shape index (κ1) is 13.2. The number of carbonyl (C=O) groups is 2. The number of aromatic nitrogens is 1. The van der Waals surface area contributed by atoms with Crippen LogP contribution < -0.4 is 5.32 Å². The standard InChI is InChI=1S/C11H16N2O4/c1-6(2)10-7(3)9(13-17-10)11(16)12-5-4-8(14)15/h6H,4-5H2,1-3H3,(H,12,16)(H,14,15). The summed E-state index contributed by atoms with van der Waals surface area (Å²) in [5.41, 5.74) is 0.923. The summed E-state index contributed by atoms with van der Waals surface area (Å²) in [5, 5.41) is 14.6. The van der Waals surface area contributed by atoms with Crippen LogP contribution in [0.2, 0.25) is 0 Å². The Morgan fingerprint density at radius 3 is 2.59 bits per heavy atom. The molecule has 17 heavy (non-hydrogen) atoms. The van der Waals surface area contributed by atoms with Crippen molar-refractivity contribution in [2.75, 3.05) is 6.54 Å². The summed E-state index contributed by atoms with van der Waals surface area (Å²) < 4.78 is 5.08. The number of carboxylic acids is 1. The largest absolute Gasteiger partial charge is 0.481 e. The maximum absolute atomic E-state index is 11.7. The molecule has 0 saturated carbocycles. The minimum Gasteiger partial charge on any atom is -0.481 e. The zero-order valence-corrected chi connectivity index (χ0v) is 10.1. The molecule has 0 aliphatic heterocycles. The Bertz CT molecular complexity index is 423. The van der Waals surface area contributed by atoms with Crippen molar-refractivity contribution in [2.24, 2.45) is 0 Å². The van der Waals surface area contributed by atoms with Gasteiger partial charge in [0.1, 0.15) is 5.76 Å². The monoisotopic (exact) mass is 240 g/mol. The highest BCUT2D eigenvalue weighted by Gasteiger charge is 2.19. The fourth-order valence-electron chi connectivity index (χ4n) is 1.47. The molecule has 6 nitrogen and oxygen atoms in total. The SMILES string of the molecule is Cc1c(C(=O)NCCC(=O)O)noc1C(C)C. The highest BCUT2D eigenvalue weighted by atomic mass is 16.5. The lowest BCUT2D eigenvalue weighted by atomic mass is 10.1. The first-order valence-corrected chi connectivity index (χ1v) is 5.39. The molecule has 0 aromatic carbocycles. The van der Waals surface area contributed by atoms with Gasteiger partial charge in [0.15, 0.2) is 5.69 Å². The van der Waals surface area contributed by atoms with Crippen molar-refractivity contribution in [3.8, 4) is 0 Å². The van der Waals surface area contributed by atoms with Crippen molar-refractivity contribution >= 4 is 11.9 Å². The van der Waals surface area contributed by atoms with Gasteiger partial charge in [-0.25, -0.2) is 0 Å². The van der Waals surface area contributed by atoms with Crippen LogP contribution in [0.5, 0.6) is 0 Å². The summed E-state index contributed by atoms with van der Waals surface area (Å²) in [5.74, 6) is -0.527. The first-order valence-electron chi connectivity index (χ1n) is 5.39. The van der Waals surface area contributed by atoms with Gasteiger partial charge in [-0.3, -0.25) is 9.59 Å². The third-order valence-electron chi connectivity index (χ3n) is 2.32. The fraction of sp³-hybridized carbons (Fsp3) is 0.545. The Balaban J connectivity index is 2.66. The molecule has 0 aliphatic carbocycles. The molecule has 1 rings (SSSR count). The summed E-state index contributed by atoms with van der Waals surface area (Å²) in [4.78, 5) is 21.9. The average molecular weight is 240 g/mol. The van der Waals surface area contributed by atoms with E-state index in [1.165, 1.54) is 0 Å². The molecule has 94 valence electrons. The van der Waals surface area contributed by atoms with Crippen LogP contribution in [0.4, 0.5) is 0 Å². The third kappa shape index (κ3) is 3.30. The summed E-state index contributed by atoms with van der Waals surface area (Å²) >= 11 is 0. The molecule has 1 aromatic heterocycles. The average Bonchev–Trinajstić information content (AvgIpc) is 2.59. The van der Waals surface area contributed by atoms with Crippen LogP contribution in [0.1, 0.15) is 48.0 Å². The molecule has 6 heteroatoms. The van der Waals surface area contributed by atoms with Crippen LogP contribution in [-0.2, 0) is 4.79 Å². The van der Waals surface area contributed by atoms with E-state index in [4.69, 9.17) is 9.63 Å². The zero-order valence-electron chi connectivity index (χ0n) is 10.1. The van der Waals surface area contributed by atoms with Gasteiger partial charge in [-0.15, -0.1) is 0 Å². The molecule has 2 N–H and O–H groups in total. The van der Waals surface area contributed by atoms with Gasteiger partial charge in [0.25, 0.3) is 5.91 Å². The quantitative estimate of drug-likeness (QED) is 0.809. The summed E-state index contributed by atoms with van der Waals surface area (Å²) in [6, 6.07) is 0. The smallest absolute Gasteiger partial charge is 0.305 e. The molecule has 0 spiro atoms. The van der Waals surface area contributed by atoms with E-state index in [1.807, 2.05) is 13.8 Å². The number of rotatable bonds is 5. The Morgan fingerprint density at radius 2 is 2.12 bits per heavy atom. The topological polar surface area (TPSA) is 92.4 Å². The van der Waals surface area contributed by atoms with Crippen molar-refractivity contribution < 1.29 is 19.2 Å². The van der Waals surface area contributed by atoms with Gasteiger partial charge in [-0.2, -0.15) is 0 Å². The van der Waals surface area contributed by atoms with Crippen LogP contribution in [0.15, 0.2) is 4.52 Å². The first-order chi connectivity index (χ1) is 7.93. The van der Waals surface area contributed by atoms with E-state index in [2.05, 4.69) is 10.5 Å². The predicted molar refractivity (Wildman–Crippen MR) is 59.9 cm³/mol. The second kappa shape index (κ2) is 5.47. The molecular weight excluding hydrogens is 224 g/mol. The normalized spacial score (nSPS) is 10.6. The lowest BCUT2D eigenvalue weighted by molar-refractivity contribution is -0.136. The number of hydrogen-bond donors (Lipinski definition) is 2. The van der Waals surface area contributed by atoms with Gasteiger partial charge < -0.3 is 14.9 Å². The number of aliphatic carboxylic acids is 1. The van der Waals surface area contributed by atoms with Gasteiger partial charge >= 0.3 is 5.97 Å². The van der Waals surface area contributed by atoms with Gasteiger partial charge in [-0.1, -0.05) is 19.0 Å². The number of carboxylic acid groups (broad SMARTS) is 1. The summed E-state index contributed by atoms with van der Waals surface area (Å²) in [6.07, 6.45) is -0.111. The zero-order chi connectivity index (χ0) is 13.0. The molecule has 0 bridgehead atoms. The fourth-order valence-corrected chi connectivity index (χ4v) is 1.47. The molecular formula is C11H16N2O4. The molecule has 1 amide bonds. The Morgan fingerprint density at radius 1 is 1.47 bits per heavy atom. The van der Waals surface area contributed by atoms with E-state index in [1.54, 1.807) is 6.92 Å². The molecule has 1 aromatic rings. The number of nitrogens with one attached hydrogen (secondary N) is 1. The lowest BCUT2D eigenvalue weighted by Gasteiger charge is -2.02. The second-order valence-electron chi connectivity index (χ2n) is 4.07. The van der Waals surface area contributed by atoms with E-state index < -0.39 is 11.9 Å². The van der Waals surface area contributed by atoms with Crippen molar-refractivity contribution in [1.29, 1.82) is 0 Å². The molecule has 0 fully saturated rings. The number of hydrogen-bond acceptors (Lipinski definition) is 4. The maximum atomic E-state index is 11.7. The molecule has 1 heterocycles. The van der Waals surface area contributed by atoms with Crippen molar-refractivity contribution in [1.82, 2.24) is 10.5 Å². The van der Waals surface area contributed by atoms with Crippen molar-refractivity contribution in [3.63, 3.8) is 0 Å². The number of amides is 1. The van der Waals surface area contributed by atoms with Gasteiger partial charge in [0.05, 0.1) is 6.42 Å². The van der Waals surface area contributed by atoms with Crippen LogP contribution in [0, 0.1) is 6.92 Å². The Kier molecular flexibility index (Phi) is 4.25. The third-order valence-corrected chi connectivity index (χ3v) is 2.32. The van der Waals surface area contributed by atoms with Crippen molar-refractivity contribution in [2.45, 2.75) is 33.1 Å². The lowest BCUT2D eigenvalue weighted by Crippen LogP contribution is -2.26. The highest BCUT2D eigenvalue weighted by molar-refractivity contribution is 5.93. The van der Waals surface area contributed by atoms with Crippen LogP contribution in [-0.4, -0.2) is 28.7 Å². The van der Waals surface area contributed by atoms with Crippen LogP contribution in [0.3, 0.4) is 0 Å². The van der Waals surface area contributed by atoms with Gasteiger partial charge in [0.2, 0.25) is 0 Å². The van der Waals surface area contributed by atoms with E-state index in [0.29, 0.717) is 11.3 Å². The van der Waals surface area contributed by atoms with Gasteiger partial charge in [-0.05, 0) is 6.92 Å². The molecule has 0 aliphatic rings. The second-order valence-corrected chi connectivity index (χ2v) is 4.07. The molecule has 0 atom stereocenters. The van der Waals surface area contributed by atoms with E-state index >= 15 is 0 Å². The molecule has 0 radical (unpaired) electrons.